The number of ether oxygens (including phenoxy) is 2. The van der Waals surface area contributed by atoms with E-state index in [9.17, 15) is 0 Å². The van der Waals surface area contributed by atoms with Gasteiger partial charge >= 0.3 is 0 Å². The zero-order valence-electron chi connectivity index (χ0n) is 9.72. The number of rotatable bonds is 1. The quantitative estimate of drug-likeness (QED) is 0.752. The van der Waals surface area contributed by atoms with E-state index in [1.807, 2.05) is 18.2 Å². The first-order valence-corrected chi connectivity index (χ1v) is 6.10. The van der Waals surface area contributed by atoms with Gasteiger partial charge in [0.05, 0.1) is 24.2 Å². The van der Waals surface area contributed by atoms with Crippen molar-refractivity contribution in [2.24, 2.45) is 0 Å². The minimum absolute atomic E-state index is 0.167. The molecular formula is C13H14N2O2. The van der Waals surface area contributed by atoms with Gasteiger partial charge in [-0.2, -0.15) is 0 Å². The highest BCUT2D eigenvalue weighted by Crippen LogP contribution is 2.42. The molecule has 2 aliphatic heterocycles. The van der Waals surface area contributed by atoms with Crippen molar-refractivity contribution in [2.75, 3.05) is 6.61 Å². The monoisotopic (exact) mass is 230 g/mol. The van der Waals surface area contributed by atoms with Gasteiger partial charge in [-0.25, -0.2) is 4.98 Å². The van der Waals surface area contributed by atoms with E-state index in [0.717, 1.165) is 24.3 Å². The molecule has 0 aliphatic carbocycles. The smallest absolute Gasteiger partial charge is 0.228 e. The molecule has 0 radical (unpaired) electrons. The largest absolute Gasteiger partial charge is 0.341 e. The second kappa shape index (κ2) is 3.09. The van der Waals surface area contributed by atoms with E-state index in [-0.39, 0.29) is 6.10 Å². The number of nitrogens with zero attached hydrogens (tertiary/aromatic N) is 2. The van der Waals surface area contributed by atoms with E-state index >= 15 is 0 Å². The van der Waals surface area contributed by atoms with Gasteiger partial charge in [-0.15, -0.1) is 0 Å². The maximum absolute atomic E-state index is 5.98. The standard InChI is InChI=1S/C13H14N2O2/c1-2-13-12-14-10-5-3-4-6-11(10)15(12)7-9(17-13)8-16-13/h3-6,9H,2,7-8H2,1H3. The van der Waals surface area contributed by atoms with Crippen LogP contribution in [-0.2, 0) is 21.8 Å². The molecule has 1 aromatic heterocycles. The number of benzene rings is 1. The predicted molar refractivity (Wildman–Crippen MR) is 62.5 cm³/mol. The van der Waals surface area contributed by atoms with Gasteiger partial charge in [0, 0.05) is 6.42 Å². The van der Waals surface area contributed by atoms with Crippen molar-refractivity contribution < 1.29 is 9.47 Å². The van der Waals surface area contributed by atoms with Crippen molar-refractivity contribution in [3.63, 3.8) is 0 Å². The Balaban J connectivity index is 2.03. The summed E-state index contributed by atoms with van der Waals surface area (Å²) < 4.78 is 14.1. The van der Waals surface area contributed by atoms with Gasteiger partial charge in [-0.05, 0) is 12.1 Å². The lowest BCUT2D eigenvalue weighted by molar-refractivity contribution is -0.197. The number of aromatic nitrogens is 2. The third kappa shape index (κ3) is 1.12. The molecule has 1 fully saturated rings. The summed E-state index contributed by atoms with van der Waals surface area (Å²) in [6.07, 6.45) is 0.965. The van der Waals surface area contributed by atoms with Gasteiger partial charge in [0.25, 0.3) is 0 Å². The molecule has 0 spiro atoms. The first-order valence-electron chi connectivity index (χ1n) is 6.10. The fourth-order valence-corrected chi connectivity index (χ4v) is 2.87. The Morgan fingerprint density at radius 3 is 3.24 bits per heavy atom. The Morgan fingerprint density at radius 1 is 1.47 bits per heavy atom. The van der Waals surface area contributed by atoms with Crippen molar-refractivity contribution >= 4 is 11.0 Å². The Kier molecular flexibility index (Phi) is 1.75. The molecule has 0 saturated carbocycles. The van der Waals surface area contributed by atoms with Gasteiger partial charge < -0.3 is 14.0 Å². The lowest BCUT2D eigenvalue weighted by atomic mass is 10.1. The predicted octanol–water partition coefficient (Wildman–Crippen LogP) is 2.03. The van der Waals surface area contributed by atoms with Crippen LogP contribution < -0.4 is 0 Å². The molecule has 3 heterocycles. The van der Waals surface area contributed by atoms with Crippen molar-refractivity contribution in [3.8, 4) is 0 Å². The van der Waals surface area contributed by atoms with Crippen LogP contribution >= 0.6 is 0 Å². The summed E-state index contributed by atoms with van der Waals surface area (Å²) in [4.78, 5) is 4.69. The maximum Gasteiger partial charge on any atom is 0.228 e. The average molecular weight is 230 g/mol. The molecule has 2 bridgehead atoms. The van der Waals surface area contributed by atoms with Crippen molar-refractivity contribution in [3.05, 3.63) is 30.1 Å². The van der Waals surface area contributed by atoms with Crippen LogP contribution in [0.2, 0.25) is 0 Å². The van der Waals surface area contributed by atoms with Crippen LogP contribution in [0.1, 0.15) is 19.2 Å². The van der Waals surface area contributed by atoms with Crippen LogP contribution in [0.15, 0.2) is 24.3 Å². The number of para-hydroxylation sites is 2. The van der Waals surface area contributed by atoms with Gasteiger partial charge in [-0.3, -0.25) is 0 Å². The lowest BCUT2D eigenvalue weighted by Crippen LogP contribution is -2.37. The number of fused-ring (bicyclic) bond motifs is 6. The Labute approximate surface area is 99.2 Å². The van der Waals surface area contributed by atoms with Crippen molar-refractivity contribution in [1.82, 2.24) is 9.55 Å². The van der Waals surface area contributed by atoms with E-state index < -0.39 is 5.79 Å². The fourth-order valence-electron chi connectivity index (χ4n) is 2.87. The molecule has 2 aliphatic rings. The zero-order valence-corrected chi connectivity index (χ0v) is 9.72. The van der Waals surface area contributed by atoms with Gasteiger partial charge in [0.15, 0.2) is 5.82 Å². The Morgan fingerprint density at radius 2 is 2.35 bits per heavy atom. The molecule has 4 nitrogen and oxygen atoms in total. The van der Waals surface area contributed by atoms with Crippen LogP contribution in [0.25, 0.3) is 11.0 Å². The molecule has 2 aromatic rings. The molecule has 2 atom stereocenters. The number of hydrogen-bond donors (Lipinski definition) is 0. The molecule has 4 heteroatoms. The molecule has 0 amide bonds. The summed E-state index contributed by atoms with van der Waals surface area (Å²) in [5.74, 6) is 0.317. The lowest BCUT2D eigenvalue weighted by Gasteiger charge is -2.30. The third-order valence-corrected chi connectivity index (χ3v) is 3.71. The Hall–Kier alpha value is -1.39. The topological polar surface area (TPSA) is 36.3 Å². The summed E-state index contributed by atoms with van der Waals surface area (Å²) in [5, 5.41) is 0. The zero-order chi connectivity index (χ0) is 11.5. The van der Waals surface area contributed by atoms with E-state index in [4.69, 9.17) is 9.47 Å². The highest BCUT2D eigenvalue weighted by atomic mass is 16.7. The third-order valence-electron chi connectivity index (χ3n) is 3.71. The molecule has 2 unspecified atom stereocenters. The first-order chi connectivity index (χ1) is 8.32. The normalized spacial score (nSPS) is 30.8. The molecule has 17 heavy (non-hydrogen) atoms. The minimum atomic E-state index is -0.609. The number of hydrogen-bond acceptors (Lipinski definition) is 3. The summed E-state index contributed by atoms with van der Waals surface area (Å²) >= 11 is 0. The molecule has 1 aromatic carbocycles. The number of imidazole rings is 1. The molecule has 4 rings (SSSR count). The van der Waals surface area contributed by atoms with Crippen LogP contribution in [0.3, 0.4) is 0 Å². The SMILES string of the molecule is CCC12OCC(Cn3c1nc1ccccc13)O2. The molecule has 88 valence electrons. The van der Waals surface area contributed by atoms with Crippen LogP contribution in [-0.4, -0.2) is 22.3 Å². The van der Waals surface area contributed by atoms with Crippen molar-refractivity contribution in [2.45, 2.75) is 31.8 Å². The van der Waals surface area contributed by atoms with Gasteiger partial charge in [0.2, 0.25) is 5.79 Å². The van der Waals surface area contributed by atoms with E-state index in [1.165, 1.54) is 5.52 Å². The molecule has 0 N–H and O–H groups in total. The first kappa shape index (κ1) is 9.62. The summed E-state index contributed by atoms with van der Waals surface area (Å²) in [7, 11) is 0. The summed E-state index contributed by atoms with van der Waals surface area (Å²) in [6, 6.07) is 8.21. The van der Waals surface area contributed by atoms with E-state index in [1.54, 1.807) is 0 Å². The average Bonchev–Trinajstić information content (AvgIpc) is 2.92. The second-order valence-corrected chi connectivity index (χ2v) is 4.69. The van der Waals surface area contributed by atoms with Crippen LogP contribution in [0, 0.1) is 0 Å². The van der Waals surface area contributed by atoms with E-state index in [0.29, 0.717) is 6.61 Å². The van der Waals surface area contributed by atoms with Gasteiger partial charge in [0.1, 0.15) is 6.10 Å². The van der Waals surface area contributed by atoms with Gasteiger partial charge in [-0.1, -0.05) is 19.1 Å². The van der Waals surface area contributed by atoms with Crippen molar-refractivity contribution in [1.29, 1.82) is 0 Å². The van der Waals surface area contributed by atoms with E-state index in [2.05, 4.69) is 22.5 Å². The summed E-state index contributed by atoms with van der Waals surface area (Å²) in [6.45, 7) is 3.60. The minimum Gasteiger partial charge on any atom is -0.341 e. The maximum atomic E-state index is 5.98. The highest BCUT2D eigenvalue weighted by molar-refractivity contribution is 5.76. The summed E-state index contributed by atoms with van der Waals surface area (Å²) in [5.41, 5.74) is 2.20. The molecule has 1 saturated heterocycles. The highest BCUT2D eigenvalue weighted by Gasteiger charge is 2.49. The van der Waals surface area contributed by atoms with Crippen LogP contribution in [0.5, 0.6) is 0 Å². The molecular weight excluding hydrogens is 216 g/mol. The Bertz CT molecular complexity index is 592. The van der Waals surface area contributed by atoms with Crippen LogP contribution in [0.4, 0.5) is 0 Å². The fraction of sp³-hybridized carbons (Fsp3) is 0.462. The second-order valence-electron chi connectivity index (χ2n) is 4.69.